The van der Waals surface area contributed by atoms with Crippen LogP contribution in [-0.4, -0.2) is 47.1 Å². The summed E-state index contributed by atoms with van der Waals surface area (Å²) in [6.07, 6.45) is 4.16. The molecule has 0 radical (unpaired) electrons. The van der Waals surface area contributed by atoms with E-state index < -0.39 is 16.9 Å². The molecule has 2 N–H and O–H groups in total. The summed E-state index contributed by atoms with van der Waals surface area (Å²) in [5.41, 5.74) is -1.23. The molecule has 2 saturated heterocycles. The van der Waals surface area contributed by atoms with Gasteiger partial charge in [0.1, 0.15) is 0 Å². The number of amides is 1. The quantitative estimate of drug-likeness (QED) is 0.808. The third kappa shape index (κ3) is 2.48. The standard InChI is InChI=1S/C14H24N2O3/c1-3-14(12(18)19)7-9-16(10-14)11(17)13(2)6-4-5-8-15-13/h15H,3-10H2,1-2H3,(H,18,19). The van der Waals surface area contributed by atoms with Crippen LogP contribution in [0.15, 0.2) is 0 Å². The van der Waals surface area contributed by atoms with Gasteiger partial charge >= 0.3 is 5.97 Å². The highest BCUT2D eigenvalue weighted by Gasteiger charge is 2.48. The zero-order valence-electron chi connectivity index (χ0n) is 11.9. The van der Waals surface area contributed by atoms with E-state index in [0.29, 0.717) is 25.9 Å². The van der Waals surface area contributed by atoms with Gasteiger partial charge in [0.2, 0.25) is 5.91 Å². The van der Waals surface area contributed by atoms with Gasteiger partial charge in [0.05, 0.1) is 11.0 Å². The van der Waals surface area contributed by atoms with Crippen LogP contribution >= 0.6 is 0 Å². The Morgan fingerprint density at radius 2 is 2.05 bits per heavy atom. The van der Waals surface area contributed by atoms with Crippen molar-refractivity contribution >= 4 is 11.9 Å². The smallest absolute Gasteiger partial charge is 0.311 e. The van der Waals surface area contributed by atoms with E-state index >= 15 is 0 Å². The molecule has 0 aliphatic carbocycles. The minimum Gasteiger partial charge on any atom is -0.481 e. The van der Waals surface area contributed by atoms with Gasteiger partial charge in [-0.1, -0.05) is 6.92 Å². The Hall–Kier alpha value is -1.10. The zero-order chi connectivity index (χ0) is 14.1. The molecule has 19 heavy (non-hydrogen) atoms. The minimum absolute atomic E-state index is 0.0729. The molecule has 2 heterocycles. The second-order valence-corrected chi connectivity index (χ2v) is 6.13. The molecule has 0 spiro atoms. The third-order valence-electron chi connectivity index (χ3n) is 4.86. The number of likely N-dealkylation sites (tertiary alicyclic amines) is 1. The normalized spacial score (nSPS) is 35.4. The number of carbonyl (C=O) groups excluding carboxylic acids is 1. The number of aliphatic carboxylic acids is 1. The summed E-state index contributed by atoms with van der Waals surface area (Å²) in [7, 11) is 0. The summed E-state index contributed by atoms with van der Waals surface area (Å²) >= 11 is 0. The van der Waals surface area contributed by atoms with Crippen LogP contribution in [0, 0.1) is 5.41 Å². The van der Waals surface area contributed by atoms with E-state index in [4.69, 9.17) is 0 Å². The monoisotopic (exact) mass is 268 g/mol. The first kappa shape index (κ1) is 14.3. The van der Waals surface area contributed by atoms with E-state index in [1.165, 1.54) is 0 Å². The fourth-order valence-corrected chi connectivity index (χ4v) is 3.25. The predicted molar refractivity (Wildman–Crippen MR) is 71.8 cm³/mol. The number of nitrogens with one attached hydrogen (secondary N) is 1. The topological polar surface area (TPSA) is 69.6 Å². The number of nitrogens with zero attached hydrogens (tertiary/aromatic N) is 1. The van der Waals surface area contributed by atoms with Crippen LogP contribution < -0.4 is 5.32 Å². The number of hydrogen-bond acceptors (Lipinski definition) is 3. The maximum Gasteiger partial charge on any atom is 0.311 e. The van der Waals surface area contributed by atoms with E-state index in [2.05, 4.69) is 5.32 Å². The summed E-state index contributed by atoms with van der Waals surface area (Å²) in [4.78, 5) is 25.8. The Labute approximate surface area is 114 Å². The van der Waals surface area contributed by atoms with E-state index in [9.17, 15) is 14.7 Å². The van der Waals surface area contributed by atoms with Crippen LogP contribution in [0.3, 0.4) is 0 Å². The van der Waals surface area contributed by atoms with Crippen LogP contribution in [-0.2, 0) is 9.59 Å². The summed E-state index contributed by atoms with van der Waals surface area (Å²) < 4.78 is 0. The average molecular weight is 268 g/mol. The lowest BCUT2D eigenvalue weighted by atomic mass is 9.84. The number of carboxylic acid groups (broad SMARTS) is 1. The Kier molecular flexibility index (Phi) is 3.85. The van der Waals surface area contributed by atoms with E-state index in [-0.39, 0.29) is 5.91 Å². The molecule has 2 aliphatic heterocycles. The molecule has 2 atom stereocenters. The molecule has 5 heteroatoms. The molecule has 0 saturated carbocycles. The van der Waals surface area contributed by atoms with Crippen LogP contribution in [0.5, 0.6) is 0 Å². The number of piperidine rings is 1. The van der Waals surface area contributed by atoms with Gasteiger partial charge in [-0.3, -0.25) is 9.59 Å². The molecule has 0 aromatic rings. The van der Waals surface area contributed by atoms with Crippen molar-refractivity contribution in [3.63, 3.8) is 0 Å². The minimum atomic E-state index is -0.771. The molecule has 2 fully saturated rings. The predicted octanol–water partition coefficient (Wildman–Crippen LogP) is 1.23. The first-order chi connectivity index (χ1) is 8.93. The molecule has 1 amide bonds. The number of carboxylic acids is 1. The van der Waals surface area contributed by atoms with Gasteiger partial charge in [-0.25, -0.2) is 0 Å². The second kappa shape index (κ2) is 5.12. The summed E-state index contributed by atoms with van der Waals surface area (Å²) in [6.45, 7) is 5.63. The molecular formula is C14H24N2O3. The maximum atomic E-state index is 12.6. The molecular weight excluding hydrogens is 244 g/mol. The number of carbonyl (C=O) groups is 2. The molecule has 2 rings (SSSR count). The summed E-state index contributed by atoms with van der Waals surface area (Å²) in [5.74, 6) is -0.698. The summed E-state index contributed by atoms with van der Waals surface area (Å²) in [6, 6.07) is 0. The lowest BCUT2D eigenvalue weighted by Crippen LogP contribution is -2.57. The molecule has 5 nitrogen and oxygen atoms in total. The van der Waals surface area contributed by atoms with Gasteiger partial charge in [0, 0.05) is 13.1 Å². The van der Waals surface area contributed by atoms with Crippen LogP contribution in [0.2, 0.25) is 0 Å². The molecule has 0 aromatic heterocycles. The van der Waals surface area contributed by atoms with Gasteiger partial charge in [0.25, 0.3) is 0 Å². The Bertz CT molecular complexity index is 377. The molecule has 0 bridgehead atoms. The number of rotatable bonds is 3. The van der Waals surface area contributed by atoms with Gasteiger partial charge in [0.15, 0.2) is 0 Å². The lowest BCUT2D eigenvalue weighted by molar-refractivity contribution is -0.149. The van der Waals surface area contributed by atoms with Crippen molar-refractivity contribution in [3.05, 3.63) is 0 Å². The van der Waals surface area contributed by atoms with Crippen molar-refractivity contribution in [2.24, 2.45) is 5.41 Å². The van der Waals surface area contributed by atoms with E-state index in [1.54, 1.807) is 4.90 Å². The highest BCUT2D eigenvalue weighted by molar-refractivity contribution is 5.87. The second-order valence-electron chi connectivity index (χ2n) is 6.13. The summed E-state index contributed by atoms with van der Waals surface area (Å²) in [5, 5.41) is 12.7. The third-order valence-corrected chi connectivity index (χ3v) is 4.86. The first-order valence-electron chi connectivity index (χ1n) is 7.21. The Morgan fingerprint density at radius 3 is 2.53 bits per heavy atom. The van der Waals surface area contributed by atoms with Gasteiger partial charge in [-0.05, 0) is 45.6 Å². The maximum absolute atomic E-state index is 12.6. The van der Waals surface area contributed by atoms with Gasteiger partial charge in [-0.2, -0.15) is 0 Å². The highest BCUT2D eigenvalue weighted by Crippen LogP contribution is 2.36. The lowest BCUT2D eigenvalue weighted by Gasteiger charge is -2.37. The Morgan fingerprint density at radius 1 is 1.32 bits per heavy atom. The van der Waals surface area contributed by atoms with Crippen LogP contribution in [0.25, 0.3) is 0 Å². The fourth-order valence-electron chi connectivity index (χ4n) is 3.25. The fraction of sp³-hybridized carbons (Fsp3) is 0.857. The van der Waals surface area contributed by atoms with E-state index in [1.807, 2.05) is 13.8 Å². The number of hydrogen-bond donors (Lipinski definition) is 2. The van der Waals surface area contributed by atoms with Crippen LogP contribution in [0.1, 0.15) is 46.0 Å². The average Bonchev–Trinajstić information content (AvgIpc) is 2.84. The van der Waals surface area contributed by atoms with Crippen molar-refractivity contribution in [2.75, 3.05) is 19.6 Å². The zero-order valence-corrected chi connectivity index (χ0v) is 11.9. The van der Waals surface area contributed by atoms with Crippen molar-refractivity contribution in [1.29, 1.82) is 0 Å². The molecule has 2 unspecified atom stereocenters. The van der Waals surface area contributed by atoms with Crippen molar-refractivity contribution in [2.45, 2.75) is 51.5 Å². The molecule has 0 aromatic carbocycles. The highest BCUT2D eigenvalue weighted by atomic mass is 16.4. The Balaban J connectivity index is 2.08. The largest absolute Gasteiger partial charge is 0.481 e. The van der Waals surface area contributed by atoms with Crippen molar-refractivity contribution < 1.29 is 14.7 Å². The van der Waals surface area contributed by atoms with Crippen LogP contribution in [0.4, 0.5) is 0 Å². The van der Waals surface area contributed by atoms with Crippen molar-refractivity contribution in [1.82, 2.24) is 10.2 Å². The van der Waals surface area contributed by atoms with E-state index in [0.717, 1.165) is 25.8 Å². The molecule has 2 aliphatic rings. The first-order valence-corrected chi connectivity index (χ1v) is 7.21. The SMILES string of the molecule is CCC1(C(=O)O)CCN(C(=O)C2(C)CCCCN2)C1. The van der Waals surface area contributed by atoms with Gasteiger partial charge in [-0.15, -0.1) is 0 Å². The van der Waals surface area contributed by atoms with Gasteiger partial charge < -0.3 is 15.3 Å². The molecule has 108 valence electrons. The van der Waals surface area contributed by atoms with Crippen molar-refractivity contribution in [3.8, 4) is 0 Å².